The second-order valence-corrected chi connectivity index (χ2v) is 6.99. The lowest BCUT2D eigenvalue weighted by Gasteiger charge is -2.10. The van der Waals surface area contributed by atoms with Crippen LogP contribution in [-0.2, 0) is 10.5 Å². The zero-order valence-electron chi connectivity index (χ0n) is 15.2. The Hall–Kier alpha value is -2.45. The van der Waals surface area contributed by atoms with Crippen molar-refractivity contribution < 1.29 is 23.1 Å². The zero-order valence-corrected chi connectivity index (χ0v) is 16.8. The Morgan fingerprint density at radius 1 is 1.32 bits per heavy atom. The van der Waals surface area contributed by atoms with E-state index in [0.717, 1.165) is 11.8 Å². The molecule has 2 N–H and O–H groups in total. The Kier molecular flexibility index (Phi) is 8.41. The number of nitrogens with one attached hydrogen (secondary N) is 2. The molecule has 9 heteroatoms. The molecule has 0 aliphatic carbocycles. The number of rotatable bonds is 10. The third-order valence-corrected chi connectivity index (χ3v) is 4.34. The second-order valence-electron chi connectivity index (χ2n) is 5.72. The van der Waals surface area contributed by atoms with E-state index < -0.39 is 11.7 Å². The molecule has 0 radical (unpaired) electrons. The molecule has 0 bridgehead atoms. The van der Waals surface area contributed by atoms with Crippen LogP contribution in [0.25, 0.3) is 0 Å². The predicted molar refractivity (Wildman–Crippen MR) is 107 cm³/mol. The van der Waals surface area contributed by atoms with Crippen LogP contribution in [0.15, 0.2) is 47.0 Å². The van der Waals surface area contributed by atoms with Gasteiger partial charge in [-0.1, -0.05) is 18.2 Å². The van der Waals surface area contributed by atoms with Crippen LogP contribution in [0.3, 0.4) is 0 Å². The van der Waals surface area contributed by atoms with Gasteiger partial charge in [0.1, 0.15) is 17.3 Å². The van der Waals surface area contributed by atoms with E-state index in [0.29, 0.717) is 17.9 Å². The van der Waals surface area contributed by atoms with Crippen LogP contribution in [0.1, 0.15) is 22.7 Å². The molecule has 1 aromatic heterocycles. The number of carbonyl (C=O) groups is 2. The van der Waals surface area contributed by atoms with E-state index in [1.807, 2.05) is 6.26 Å². The van der Waals surface area contributed by atoms with E-state index in [4.69, 9.17) is 20.8 Å². The number of thioether (sulfide) groups is 1. The van der Waals surface area contributed by atoms with Gasteiger partial charge in [0, 0.05) is 24.7 Å². The number of hydrogen-bond donors (Lipinski definition) is 2. The average molecular weight is 427 g/mol. The highest BCUT2D eigenvalue weighted by atomic mass is 35.5. The highest BCUT2D eigenvalue weighted by molar-refractivity contribution is 7.97. The van der Waals surface area contributed by atoms with Gasteiger partial charge in [-0.05, 0) is 30.5 Å². The van der Waals surface area contributed by atoms with Gasteiger partial charge in [-0.25, -0.2) is 4.39 Å². The number of benzene rings is 1. The minimum Gasteiger partial charge on any atom is -0.484 e. The highest BCUT2D eigenvalue weighted by Gasteiger charge is 2.11. The second kappa shape index (κ2) is 10.8. The predicted octanol–water partition coefficient (Wildman–Crippen LogP) is 3.76. The van der Waals surface area contributed by atoms with E-state index in [1.165, 1.54) is 12.1 Å². The summed E-state index contributed by atoms with van der Waals surface area (Å²) in [5.41, 5.74) is 0.415. The maximum Gasteiger partial charge on any atom is 0.287 e. The molecule has 6 nitrogen and oxygen atoms in total. The van der Waals surface area contributed by atoms with Crippen molar-refractivity contribution >= 4 is 35.2 Å². The van der Waals surface area contributed by atoms with E-state index >= 15 is 0 Å². The summed E-state index contributed by atoms with van der Waals surface area (Å²) in [7, 11) is 0. The number of furan rings is 1. The fraction of sp³-hybridized carbons (Fsp3) is 0.263. The first kappa shape index (κ1) is 21.8. The molecule has 0 fully saturated rings. The molecule has 0 spiro atoms. The molecule has 0 aliphatic heterocycles. The number of carbonyl (C=O) groups excluding carboxylic acids is 2. The summed E-state index contributed by atoms with van der Waals surface area (Å²) in [5, 5.41) is 5.22. The molecule has 28 heavy (non-hydrogen) atoms. The van der Waals surface area contributed by atoms with Gasteiger partial charge in [-0.15, -0.1) is 0 Å². The van der Waals surface area contributed by atoms with E-state index in [1.54, 1.807) is 23.9 Å². The van der Waals surface area contributed by atoms with E-state index in [-0.39, 0.29) is 35.6 Å². The van der Waals surface area contributed by atoms with Crippen molar-refractivity contribution in [1.29, 1.82) is 0 Å². The SMILES string of the molecule is C=C(CCNC(=O)c1ccc(CSC)o1)NC(=O)COc1ccc(Cl)c(F)c1. The largest absolute Gasteiger partial charge is 0.484 e. The van der Waals surface area contributed by atoms with Crippen molar-refractivity contribution in [3.63, 3.8) is 0 Å². The van der Waals surface area contributed by atoms with Crippen molar-refractivity contribution in [2.24, 2.45) is 0 Å². The Labute approximate surface area is 171 Å². The summed E-state index contributed by atoms with van der Waals surface area (Å²) < 4.78 is 23.9. The standard InChI is InChI=1S/C19H20ClFN2O4S/c1-12(7-8-22-19(25)17-6-4-14(27-17)11-28-2)23-18(24)10-26-13-3-5-15(20)16(21)9-13/h3-6,9H,1,7-8,10-11H2,2H3,(H,22,25)(H,23,24). The highest BCUT2D eigenvalue weighted by Crippen LogP contribution is 2.20. The molecule has 0 aliphatic rings. The molecule has 2 amide bonds. The first-order chi connectivity index (χ1) is 13.4. The Bertz CT molecular complexity index is 856. The summed E-state index contributed by atoms with van der Waals surface area (Å²) in [6.45, 7) is 3.70. The average Bonchev–Trinajstić information content (AvgIpc) is 3.12. The lowest BCUT2D eigenvalue weighted by Crippen LogP contribution is -2.30. The number of hydrogen-bond acceptors (Lipinski definition) is 5. The van der Waals surface area contributed by atoms with Crippen LogP contribution >= 0.6 is 23.4 Å². The summed E-state index contributed by atoms with van der Waals surface area (Å²) >= 11 is 7.18. The maximum atomic E-state index is 13.3. The van der Waals surface area contributed by atoms with Crippen LogP contribution < -0.4 is 15.4 Å². The molecule has 0 atom stereocenters. The smallest absolute Gasteiger partial charge is 0.287 e. The summed E-state index contributed by atoms with van der Waals surface area (Å²) in [5.74, 6) is 0.447. The summed E-state index contributed by atoms with van der Waals surface area (Å²) in [6.07, 6.45) is 2.28. The van der Waals surface area contributed by atoms with Crippen LogP contribution in [0.4, 0.5) is 4.39 Å². The molecule has 0 saturated heterocycles. The van der Waals surface area contributed by atoms with Crippen LogP contribution in [0.2, 0.25) is 5.02 Å². The van der Waals surface area contributed by atoms with Crippen LogP contribution in [-0.4, -0.2) is 31.2 Å². The quantitative estimate of drug-likeness (QED) is 0.604. The molecular weight excluding hydrogens is 407 g/mol. The Morgan fingerprint density at radius 3 is 2.82 bits per heavy atom. The maximum absolute atomic E-state index is 13.3. The third-order valence-electron chi connectivity index (χ3n) is 3.46. The molecule has 150 valence electrons. The van der Waals surface area contributed by atoms with E-state index in [9.17, 15) is 14.0 Å². The number of ether oxygens (including phenoxy) is 1. The number of halogens is 2. The fourth-order valence-corrected chi connectivity index (χ4v) is 2.70. The van der Waals surface area contributed by atoms with Gasteiger partial charge in [-0.3, -0.25) is 9.59 Å². The van der Waals surface area contributed by atoms with Crippen molar-refractivity contribution in [2.45, 2.75) is 12.2 Å². The molecule has 0 unspecified atom stereocenters. The van der Waals surface area contributed by atoms with Gasteiger partial charge in [0.15, 0.2) is 12.4 Å². The number of amides is 2. The van der Waals surface area contributed by atoms with Gasteiger partial charge in [0.05, 0.1) is 10.8 Å². The fourth-order valence-electron chi connectivity index (χ4n) is 2.15. The summed E-state index contributed by atoms with van der Waals surface area (Å²) in [6, 6.07) is 7.28. The minimum absolute atomic E-state index is 0.0257. The molecule has 2 rings (SSSR count). The lowest BCUT2D eigenvalue weighted by molar-refractivity contribution is -0.122. The van der Waals surface area contributed by atoms with Crippen LogP contribution in [0.5, 0.6) is 5.75 Å². The van der Waals surface area contributed by atoms with E-state index in [2.05, 4.69) is 17.2 Å². The molecule has 1 heterocycles. The van der Waals surface area contributed by atoms with Gasteiger partial charge in [0.2, 0.25) is 0 Å². The van der Waals surface area contributed by atoms with Crippen molar-refractivity contribution in [1.82, 2.24) is 10.6 Å². The van der Waals surface area contributed by atoms with Gasteiger partial charge in [0.25, 0.3) is 11.8 Å². The van der Waals surface area contributed by atoms with Gasteiger partial charge in [-0.2, -0.15) is 11.8 Å². The Morgan fingerprint density at radius 2 is 2.11 bits per heavy atom. The topological polar surface area (TPSA) is 80.6 Å². The first-order valence-electron chi connectivity index (χ1n) is 8.30. The van der Waals surface area contributed by atoms with Crippen LogP contribution in [0, 0.1) is 5.82 Å². The van der Waals surface area contributed by atoms with Crippen molar-refractivity contribution in [2.75, 3.05) is 19.4 Å². The molecule has 0 saturated carbocycles. The lowest BCUT2D eigenvalue weighted by atomic mass is 10.3. The molecular formula is C19H20ClFN2O4S. The van der Waals surface area contributed by atoms with Gasteiger partial charge < -0.3 is 19.8 Å². The zero-order chi connectivity index (χ0) is 20.5. The third kappa shape index (κ3) is 6.94. The minimum atomic E-state index is -0.628. The first-order valence-corrected chi connectivity index (χ1v) is 10.1. The monoisotopic (exact) mass is 426 g/mol. The Balaban J connectivity index is 1.67. The summed E-state index contributed by atoms with van der Waals surface area (Å²) in [4.78, 5) is 23.8. The molecule has 2 aromatic rings. The van der Waals surface area contributed by atoms with Gasteiger partial charge >= 0.3 is 0 Å². The van der Waals surface area contributed by atoms with Crippen molar-refractivity contribution in [3.8, 4) is 5.75 Å². The molecule has 1 aromatic carbocycles. The normalized spacial score (nSPS) is 10.4. The van der Waals surface area contributed by atoms with Crippen molar-refractivity contribution in [3.05, 3.63) is 65.0 Å².